The Morgan fingerprint density at radius 1 is 1.19 bits per heavy atom. The Hall–Kier alpha value is -3.72. The third-order valence-electron chi connectivity index (χ3n) is 7.66. The molecule has 2 N–H and O–H groups in total. The third-order valence-corrected chi connectivity index (χ3v) is 9.05. The van der Waals surface area contributed by atoms with E-state index in [9.17, 15) is 9.65 Å². The summed E-state index contributed by atoms with van der Waals surface area (Å²) in [4.78, 5) is 13.5. The molecule has 0 aliphatic carbocycles. The summed E-state index contributed by atoms with van der Waals surface area (Å²) in [6.07, 6.45) is 5.91. The second kappa shape index (κ2) is 11.2. The second-order valence-corrected chi connectivity index (χ2v) is 12.4. The van der Waals surface area contributed by atoms with Crippen LogP contribution >= 0.6 is 22.9 Å². The normalized spacial score (nSPS) is 19.6. The van der Waals surface area contributed by atoms with Gasteiger partial charge in [0, 0.05) is 30.0 Å². The van der Waals surface area contributed by atoms with E-state index in [0.29, 0.717) is 24.4 Å². The van der Waals surface area contributed by atoms with Crippen LogP contribution in [0.1, 0.15) is 25.3 Å². The van der Waals surface area contributed by atoms with Gasteiger partial charge in [-0.1, -0.05) is 29.8 Å². The number of halogens is 3. The van der Waals surface area contributed by atoms with Gasteiger partial charge in [-0.25, -0.2) is 8.78 Å². The van der Waals surface area contributed by atoms with Crippen molar-refractivity contribution >= 4 is 54.7 Å². The lowest BCUT2D eigenvalue weighted by Crippen LogP contribution is -2.37. The van der Waals surface area contributed by atoms with Crippen LogP contribution in [0.15, 0.2) is 24.3 Å². The Labute approximate surface area is 250 Å². The van der Waals surface area contributed by atoms with Crippen molar-refractivity contribution in [1.29, 1.82) is 5.26 Å². The van der Waals surface area contributed by atoms with Gasteiger partial charge in [-0.15, -0.1) is 11.3 Å². The van der Waals surface area contributed by atoms with Gasteiger partial charge in [0.2, 0.25) is 0 Å². The Bertz CT molecular complexity index is 1790. The standard InChI is InChI=1S/C30H29ClF2N6O2S/c1-15-13-40-26-22-25(36-30-37-29(22)39(15)10-6-4-5-7-16(14-41-30)12-38(2)3)24(33)21(23(26)31)17-8-9-19(32)27-20(17)18(11-34)28(35)42-27/h4-5,8-9,15-16H,6-7,10,12-14,35H2,1-3H3/b5-4-/t15-,16+/m1/s1. The number of hydrogen-bond acceptors (Lipinski definition) is 9. The minimum absolute atomic E-state index is 0.0128. The van der Waals surface area contributed by atoms with Crippen molar-refractivity contribution in [3.63, 3.8) is 0 Å². The summed E-state index contributed by atoms with van der Waals surface area (Å²) in [7, 11) is 4.01. The van der Waals surface area contributed by atoms with Crippen molar-refractivity contribution in [2.45, 2.75) is 25.8 Å². The quantitative estimate of drug-likeness (QED) is 0.266. The van der Waals surface area contributed by atoms with E-state index in [4.69, 9.17) is 31.8 Å². The van der Waals surface area contributed by atoms with Gasteiger partial charge in [-0.2, -0.15) is 15.2 Å². The molecule has 218 valence electrons. The molecule has 6 rings (SSSR count). The fourth-order valence-electron chi connectivity index (χ4n) is 5.74. The number of aromatic nitrogens is 2. The number of allylic oxidation sites excluding steroid dienone is 1. The number of anilines is 2. The van der Waals surface area contributed by atoms with Crippen LogP contribution in [0.25, 0.3) is 32.1 Å². The van der Waals surface area contributed by atoms with Gasteiger partial charge in [0.25, 0.3) is 0 Å². The Morgan fingerprint density at radius 2 is 2.00 bits per heavy atom. The Morgan fingerprint density at radius 3 is 2.76 bits per heavy atom. The van der Waals surface area contributed by atoms with Gasteiger partial charge in [-0.3, -0.25) is 0 Å². The molecule has 2 aromatic heterocycles. The fourth-order valence-corrected chi connectivity index (χ4v) is 7.02. The van der Waals surface area contributed by atoms with Crippen LogP contribution in [0.4, 0.5) is 19.6 Å². The number of nitrogens with two attached hydrogens (primary N) is 1. The summed E-state index contributed by atoms with van der Waals surface area (Å²) in [5.74, 6) is -0.432. The summed E-state index contributed by atoms with van der Waals surface area (Å²) < 4.78 is 44.2. The van der Waals surface area contributed by atoms with Crippen LogP contribution < -0.4 is 20.1 Å². The molecular formula is C30H29ClF2N6O2S. The first-order valence-corrected chi connectivity index (χ1v) is 14.8. The lowest BCUT2D eigenvalue weighted by atomic mass is 9.96. The van der Waals surface area contributed by atoms with Crippen molar-refractivity contribution in [1.82, 2.24) is 14.9 Å². The van der Waals surface area contributed by atoms with Crippen molar-refractivity contribution in [3.05, 3.63) is 46.5 Å². The Balaban J connectivity index is 1.63. The van der Waals surface area contributed by atoms with Crippen LogP contribution in [-0.4, -0.2) is 61.3 Å². The number of nitrogens with zero attached hydrogens (tertiary/aromatic N) is 5. The minimum atomic E-state index is -0.747. The zero-order valence-corrected chi connectivity index (χ0v) is 25.0. The van der Waals surface area contributed by atoms with Gasteiger partial charge in [0.05, 0.1) is 33.3 Å². The molecule has 12 heteroatoms. The third kappa shape index (κ3) is 4.77. The van der Waals surface area contributed by atoms with Crippen LogP contribution in [-0.2, 0) is 0 Å². The first-order valence-electron chi connectivity index (χ1n) is 13.6. The summed E-state index contributed by atoms with van der Waals surface area (Å²) in [5.41, 5.74) is 6.27. The van der Waals surface area contributed by atoms with Gasteiger partial charge in [-0.05, 0) is 45.5 Å². The molecule has 2 bridgehead atoms. The van der Waals surface area contributed by atoms with Crippen molar-refractivity contribution in [2.75, 3.05) is 51.0 Å². The summed E-state index contributed by atoms with van der Waals surface area (Å²) in [6, 6.07) is 4.58. The molecule has 2 aromatic carbocycles. The molecule has 2 atom stereocenters. The van der Waals surface area contributed by atoms with Crippen molar-refractivity contribution in [2.24, 2.45) is 5.92 Å². The summed E-state index contributed by atoms with van der Waals surface area (Å²) in [6.45, 7) is 4.02. The first kappa shape index (κ1) is 28.4. The summed E-state index contributed by atoms with van der Waals surface area (Å²) in [5, 5.41) is 10.5. The lowest BCUT2D eigenvalue weighted by molar-refractivity contribution is 0.200. The molecule has 2 aliphatic rings. The molecule has 4 heterocycles. The lowest BCUT2D eigenvalue weighted by Gasteiger charge is -2.29. The number of fused-ring (bicyclic) bond motifs is 2. The molecule has 0 fully saturated rings. The average molecular weight is 611 g/mol. The zero-order chi connectivity index (χ0) is 29.7. The molecular weight excluding hydrogens is 582 g/mol. The minimum Gasteiger partial charge on any atom is -0.489 e. The van der Waals surface area contributed by atoms with E-state index in [1.165, 1.54) is 12.1 Å². The maximum Gasteiger partial charge on any atom is 0.319 e. The number of nitrogen functional groups attached to an aromatic ring is 1. The predicted octanol–water partition coefficient (Wildman–Crippen LogP) is 6.39. The highest BCUT2D eigenvalue weighted by atomic mass is 35.5. The maximum atomic E-state index is 16.9. The number of benzene rings is 2. The second-order valence-electron chi connectivity index (χ2n) is 10.9. The van der Waals surface area contributed by atoms with Gasteiger partial charge in [0.1, 0.15) is 34.8 Å². The highest BCUT2D eigenvalue weighted by Gasteiger charge is 2.33. The highest BCUT2D eigenvalue weighted by Crippen LogP contribution is 2.51. The van der Waals surface area contributed by atoms with Crippen LogP contribution in [0.5, 0.6) is 11.8 Å². The van der Waals surface area contributed by atoms with E-state index in [-0.39, 0.29) is 72.6 Å². The van der Waals surface area contributed by atoms with E-state index in [2.05, 4.69) is 26.9 Å². The molecule has 0 amide bonds. The first-order chi connectivity index (χ1) is 20.2. The molecule has 0 saturated heterocycles. The molecule has 0 saturated carbocycles. The van der Waals surface area contributed by atoms with Crippen molar-refractivity contribution < 1.29 is 18.3 Å². The zero-order valence-electron chi connectivity index (χ0n) is 23.4. The van der Waals surface area contributed by atoms with E-state index >= 15 is 4.39 Å². The van der Waals surface area contributed by atoms with E-state index in [1.54, 1.807) is 0 Å². The topological polar surface area (TPSA) is 101 Å². The van der Waals surface area contributed by atoms with Crippen LogP contribution in [0.3, 0.4) is 0 Å². The van der Waals surface area contributed by atoms with Gasteiger partial charge >= 0.3 is 6.01 Å². The molecule has 0 unspecified atom stereocenters. The Kier molecular flexibility index (Phi) is 7.55. The molecule has 42 heavy (non-hydrogen) atoms. The maximum absolute atomic E-state index is 16.9. The smallest absolute Gasteiger partial charge is 0.319 e. The van der Waals surface area contributed by atoms with Crippen LogP contribution in [0.2, 0.25) is 5.02 Å². The van der Waals surface area contributed by atoms with E-state index in [0.717, 1.165) is 30.7 Å². The average Bonchev–Trinajstić information content (AvgIpc) is 3.22. The van der Waals surface area contributed by atoms with E-state index in [1.807, 2.05) is 27.1 Å². The van der Waals surface area contributed by atoms with Crippen LogP contribution in [0, 0.1) is 28.9 Å². The summed E-state index contributed by atoms with van der Waals surface area (Å²) >= 11 is 7.89. The molecule has 8 nitrogen and oxygen atoms in total. The number of rotatable bonds is 3. The van der Waals surface area contributed by atoms with Gasteiger partial charge in [0.15, 0.2) is 11.6 Å². The van der Waals surface area contributed by atoms with Crippen molar-refractivity contribution in [3.8, 4) is 29.0 Å². The number of thiophene rings is 1. The molecule has 0 radical (unpaired) electrons. The number of hydrogen-bond donors (Lipinski definition) is 1. The van der Waals surface area contributed by atoms with Gasteiger partial charge < -0.3 is 25.0 Å². The SMILES string of the molecule is C[C@@H]1COc2c(Cl)c(-c3ccc(F)c4sc(N)c(C#N)c34)c(F)c3nc4nc(c23)N1CC/C=C\C[C@@H](CN(C)C)CO4. The fraction of sp³-hybridized carbons (Fsp3) is 0.367. The largest absolute Gasteiger partial charge is 0.489 e. The predicted molar refractivity (Wildman–Crippen MR) is 163 cm³/mol. The highest BCUT2D eigenvalue weighted by molar-refractivity contribution is 7.23. The number of ether oxygens (including phenoxy) is 2. The number of nitriles is 1. The van der Waals surface area contributed by atoms with E-state index < -0.39 is 11.6 Å². The molecule has 2 aliphatic heterocycles. The molecule has 0 spiro atoms. The monoisotopic (exact) mass is 610 g/mol. The molecule has 4 aromatic rings.